The molecule has 33 heavy (non-hydrogen) atoms. The molecule has 1 atom stereocenters. The molecule has 1 aliphatic heterocycles. The maximum absolute atomic E-state index is 14.3. The summed E-state index contributed by atoms with van der Waals surface area (Å²) in [5, 5.41) is 15.6. The molecular weight excluding hydrogens is 423 g/mol. The summed E-state index contributed by atoms with van der Waals surface area (Å²) in [6.45, 7) is 0.971. The first-order valence-electron chi connectivity index (χ1n) is 10.8. The predicted molar refractivity (Wildman–Crippen MR) is 124 cm³/mol. The lowest BCUT2D eigenvalue weighted by molar-refractivity contribution is -0.122. The molecule has 2 aromatic carbocycles. The first-order valence-corrected chi connectivity index (χ1v) is 10.8. The van der Waals surface area contributed by atoms with Crippen molar-refractivity contribution in [3.05, 3.63) is 70.8 Å². The van der Waals surface area contributed by atoms with Crippen molar-refractivity contribution in [2.75, 3.05) is 27.2 Å². The van der Waals surface area contributed by atoms with E-state index in [1.807, 2.05) is 35.2 Å². The number of hydrogen-bond acceptors (Lipinski definition) is 5. The molecule has 0 spiro atoms. The molecule has 170 valence electrons. The second-order valence-electron chi connectivity index (χ2n) is 8.34. The van der Waals surface area contributed by atoms with E-state index < -0.39 is 11.9 Å². The Morgan fingerprint density at radius 1 is 1.33 bits per heavy atom. The smallest absolute Gasteiger partial charge is 0.233 e. The Morgan fingerprint density at radius 2 is 2.15 bits per heavy atom. The Balaban J connectivity index is 1.66. The van der Waals surface area contributed by atoms with Crippen LogP contribution in [-0.4, -0.2) is 53.1 Å². The van der Waals surface area contributed by atoms with Crippen LogP contribution in [0.3, 0.4) is 0 Å². The van der Waals surface area contributed by atoms with Crippen LogP contribution >= 0.6 is 0 Å². The van der Waals surface area contributed by atoms with Gasteiger partial charge in [0, 0.05) is 48.4 Å². The van der Waals surface area contributed by atoms with Crippen LogP contribution in [0.5, 0.6) is 5.75 Å². The van der Waals surface area contributed by atoms with Gasteiger partial charge in [-0.15, -0.1) is 0 Å². The van der Waals surface area contributed by atoms with Crippen molar-refractivity contribution in [2.45, 2.75) is 19.1 Å². The molecule has 0 saturated heterocycles. The number of carbonyl (C=O) groups is 1. The number of nitrogens with zero attached hydrogens (tertiary/aromatic N) is 2. The number of ether oxygens (including phenoxy) is 1. The van der Waals surface area contributed by atoms with E-state index in [9.17, 15) is 14.3 Å². The molecule has 1 aliphatic rings. The third-order valence-electron chi connectivity index (χ3n) is 6.22. The number of para-hydroxylation sites is 1. The van der Waals surface area contributed by atoms with Gasteiger partial charge < -0.3 is 20.1 Å². The second kappa shape index (κ2) is 8.46. The van der Waals surface area contributed by atoms with Gasteiger partial charge in [-0.2, -0.15) is 0 Å². The third-order valence-corrected chi connectivity index (χ3v) is 6.22. The summed E-state index contributed by atoms with van der Waals surface area (Å²) in [7, 11) is 3.03. The number of likely N-dealkylation sites (N-methyl/N-ethyl adjacent to an activating group) is 1. The zero-order valence-electron chi connectivity index (χ0n) is 18.5. The largest absolute Gasteiger partial charge is 0.494 e. The third kappa shape index (κ3) is 3.81. The molecule has 3 N–H and O–H groups in total. The molecule has 4 aromatic rings. The molecule has 0 fully saturated rings. The minimum Gasteiger partial charge on any atom is -0.494 e. The van der Waals surface area contributed by atoms with Gasteiger partial charge in [-0.05, 0) is 23.8 Å². The Kier molecular flexibility index (Phi) is 5.47. The summed E-state index contributed by atoms with van der Waals surface area (Å²) in [6.07, 6.45) is -0.372. The molecule has 8 heteroatoms. The number of halogens is 1. The normalized spacial score (nSPS) is 16.2. The molecule has 0 bridgehead atoms. The number of β-amino-alcohol motifs (C(OH)–C–C–N with tert-alkyl or cyclic N) is 1. The maximum Gasteiger partial charge on any atom is 0.233 e. The van der Waals surface area contributed by atoms with E-state index in [-0.39, 0.29) is 18.2 Å². The summed E-state index contributed by atoms with van der Waals surface area (Å²) in [6, 6.07) is 12.8. The number of fused-ring (bicyclic) bond motifs is 5. The van der Waals surface area contributed by atoms with Gasteiger partial charge in [-0.3, -0.25) is 14.7 Å². The van der Waals surface area contributed by atoms with Gasteiger partial charge in [-0.25, -0.2) is 4.39 Å². The average molecular weight is 448 g/mol. The highest BCUT2D eigenvalue weighted by molar-refractivity contribution is 6.10. The van der Waals surface area contributed by atoms with E-state index in [4.69, 9.17) is 9.72 Å². The first-order chi connectivity index (χ1) is 16.0. The summed E-state index contributed by atoms with van der Waals surface area (Å²) < 4.78 is 19.4. The van der Waals surface area contributed by atoms with Crippen LogP contribution in [0.25, 0.3) is 21.8 Å². The Morgan fingerprint density at radius 3 is 2.91 bits per heavy atom. The number of hydrogen-bond donors (Lipinski definition) is 3. The average Bonchev–Trinajstić information content (AvgIpc) is 3.19. The van der Waals surface area contributed by atoms with Crippen molar-refractivity contribution in [2.24, 2.45) is 0 Å². The van der Waals surface area contributed by atoms with Gasteiger partial charge >= 0.3 is 0 Å². The van der Waals surface area contributed by atoms with Crippen molar-refractivity contribution in [3.63, 3.8) is 0 Å². The Hall–Kier alpha value is -3.49. The fraction of sp³-hybridized carbons (Fsp3) is 0.280. The van der Waals surface area contributed by atoms with Crippen LogP contribution in [0.15, 0.2) is 42.5 Å². The monoisotopic (exact) mass is 448 g/mol. The van der Waals surface area contributed by atoms with Gasteiger partial charge in [0.15, 0.2) is 11.6 Å². The van der Waals surface area contributed by atoms with E-state index in [1.165, 1.54) is 13.2 Å². The van der Waals surface area contributed by atoms with Crippen LogP contribution in [0.4, 0.5) is 4.39 Å². The first kappa shape index (κ1) is 21.4. The van der Waals surface area contributed by atoms with Gasteiger partial charge in [0.2, 0.25) is 5.91 Å². The number of nitrogens with one attached hydrogen (secondary N) is 2. The van der Waals surface area contributed by atoms with Crippen molar-refractivity contribution >= 4 is 27.7 Å². The molecule has 7 nitrogen and oxygen atoms in total. The van der Waals surface area contributed by atoms with Gasteiger partial charge in [0.25, 0.3) is 0 Å². The van der Waals surface area contributed by atoms with Gasteiger partial charge in [0.1, 0.15) is 0 Å². The van der Waals surface area contributed by atoms with Gasteiger partial charge in [0.05, 0.1) is 36.7 Å². The molecule has 0 aliphatic carbocycles. The summed E-state index contributed by atoms with van der Waals surface area (Å²) in [5.41, 5.74) is 4.84. The lowest BCUT2D eigenvalue weighted by Crippen LogP contribution is -2.41. The molecule has 0 saturated carbocycles. The summed E-state index contributed by atoms with van der Waals surface area (Å²) in [4.78, 5) is 22.2. The fourth-order valence-corrected chi connectivity index (χ4v) is 4.70. The number of amides is 1. The second-order valence-corrected chi connectivity index (χ2v) is 8.34. The fourth-order valence-electron chi connectivity index (χ4n) is 4.70. The van der Waals surface area contributed by atoms with Crippen LogP contribution < -0.4 is 10.1 Å². The SMILES string of the molecule is CNC(=O)CN1Cc2nc(Cc3ccc(OC)c(F)c3)c3[nH]c4ccccc4c3c2C(O)C1. The molecular formula is C25H25FN4O3. The lowest BCUT2D eigenvalue weighted by atomic mass is 9.94. The maximum atomic E-state index is 14.3. The topological polar surface area (TPSA) is 90.5 Å². The van der Waals surface area contributed by atoms with E-state index in [0.29, 0.717) is 19.5 Å². The standard InChI is InChI=1S/C25H25FN4O3/c1-27-22(32)13-30-11-19-24(20(31)12-30)23-15-5-3-4-6-17(15)29-25(23)18(28-19)10-14-7-8-21(33-2)16(26)9-14/h3-9,20,29,31H,10-13H2,1-2H3,(H,27,32). The highest BCUT2D eigenvalue weighted by Gasteiger charge is 2.30. The number of methoxy groups -OCH3 is 1. The molecule has 5 rings (SSSR count). The van der Waals surface area contributed by atoms with E-state index in [2.05, 4.69) is 10.3 Å². The zero-order chi connectivity index (χ0) is 23.1. The van der Waals surface area contributed by atoms with Crippen LogP contribution in [0.1, 0.15) is 28.6 Å². The highest BCUT2D eigenvalue weighted by Crippen LogP contribution is 2.38. The van der Waals surface area contributed by atoms with E-state index >= 15 is 0 Å². The number of rotatable bonds is 5. The van der Waals surface area contributed by atoms with Crippen LogP contribution in [0.2, 0.25) is 0 Å². The van der Waals surface area contributed by atoms with Crippen molar-refractivity contribution in [1.29, 1.82) is 0 Å². The number of aromatic amines is 1. The van der Waals surface area contributed by atoms with E-state index in [0.717, 1.165) is 44.3 Å². The van der Waals surface area contributed by atoms with Crippen LogP contribution in [0, 0.1) is 5.82 Å². The van der Waals surface area contributed by atoms with Crippen molar-refractivity contribution in [1.82, 2.24) is 20.2 Å². The summed E-state index contributed by atoms with van der Waals surface area (Å²) >= 11 is 0. The lowest BCUT2D eigenvalue weighted by Gasteiger charge is -2.32. The number of aromatic nitrogens is 2. The minimum absolute atomic E-state index is 0.118. The Labute approximate surface area is 190 Å². The summed E-state index contributed by atoms with van der Waals surface area (Å²) in [5.74, 6) is -0.346. The number of benzene rings is 2. The number of H-pyrrole nitrogens is 1. The van der Waals surface area contributed by atoms with E-state index in [1.54, 1.807) is 13.1 Å². The molecule has 0 radical (unpaired) electrons. The molecule has 3 heterocycles. The van der Waals surface area contributed by atoms with Crippen molar-refractivity contribution in [3.8, 4) is 5.75 Å². The highest BCUT2D eigenvalue weighted by atomic mass is 19.1. The number of aliphatic hydroxyl groups excluding tert-OH is 1. The minimum atomic E-state index is -0.778. The van der Waals surface area contributed by atoms with Crippen molar-refractivity contribution < 1.29 is 19.0 Å². The molecule has 2 aromatic heterocycles. The number of aliphatic hydroxyl groups is 1. The van der Waals surface area contributed by atoms with Crippen LogP contribution in [-0.2, 0) is 17.8 Å². The quantitative estimate of drug-likeness (QED) is 0.437. The number of carbonyl (C=O) groups excluding carboxylic acids is 1. The Bertz CT molecular complexity index is 1370. The predicted octanol–water partition coefficient (Wildman–Crippen LogP) is 3.05. The molecule has 1 amide bonds. The number of pyridine rings is 1. The zero-order valence-corrected chi connectivity index (χ0v) is 18.5. The van der Waals surface area contributed by atoms with Gasteiger partial charge in [-0.1, -0.05) is 24.3 Å². The molecule has 1 unspecified atom stereocenters.